The minimum atomic E-state index is -0.707. The predicted molar refractivity (Wildman–Crippen MR) is 80.1 cm³/mol. The summed E-state index contributed by atoms with van der Waals surface area (Å²) in [7, 11) is 0. The van der Waals surface area contributed by atoms with Crippen molar-refractivity contribution in [3.8, 4) is 0 Å². The third-order valence-corrected chi connectivity index (χ3v) is 4.48. The Kier molecular flexibility index (Phi) is 4.83. The molecule has 0 aliphatic heterocycles. The number of halogens is 1. The summed E-state index contributed by atoms with van der Waals surface area (Å²) in [6.07, 6.45) is 1.47. The van der Waals surface area contributed by atoms with Crippen LogP contribution in [0.4, 0.5) is 0 Å². The first-order valence-corrected chi connectivity index (χ1v) is 7.60. The Bertz CT molecular complexity index is 482. The molecule has 1 fully saturated rings. The van der Waals surface area contributed by atoms with Crippen LogP contribution in [-0.2, 0) is 4.79 Å². The molecule has 110 valence electrons. The summed E-state index contributed by atoms with van der Waals surface area (Å²) in [4.78, 5) is 12.2. The first kappa shape index (κ1) is 15.5. The van der Waals surface area contributed by atoms with E-state index in [1.54, 1.807) is 6.92 Å². The van der Waals surface area contributed by atoms with E-state index in [0.717, 1.165) is 10.0 Å². The Labute approximate surface area is 127 Å². The largest absolute Gasteiger partial charge is 0.396 e. The van der Waals surface area contributed by atoms with Gasteiger partial charge in [0.05, 0.1) is 11.6 Å². The summed E-state index contributed by atoms with van der Waals surface area (Å²) < 4.78 is 0.916. The van der Waals surface area contributed by atoms with Crippen LogP contribution in [-0.4, -0.2) is 28.3 Å². The van der Waals surface area contributed by atoms with Gasteiger partial charge in [0, 0.05) is 17.0 Å². The third kappa shape index (κ3) is 3.59. The number of rotatable bonds is 5. The summed E-state index contributed by atoms with van der Waals surface area (Å²) in [6, 6.07) is 7.45. The normalized spacial score (nSPS) is 26.7. The highest BCUT2D eigenvalue weighted by Crippen LogP contribution is 2.38. The highest BCUT2D eigenvalue weighted by Gasteiger charge is 2.42. The van der Waals surface area contributed by atoms with Crippen LogP contribution >= 0.6 is 15.9 Å². The Balaban J connectivity index is 2.03. The van der Waals surface area contributed by atoms with Gasteiger partial charge in [-0.1, -0.05) is 34.1 Å². The molecule has 1 aliphatic carbocycles. The molecule has 0 saturated heterocycles. The van der Waals surface area contributed by atoms with Crippen LogP contribution < -0.4 is 5.32 Å². The number of aliphatic hydroxyl groups excluding tert-OH is 1. The molecule has 0 heterocycles. The number of hydrogen-bond acceptors (Lipinski definition) is 3. The lowest BCUT2D eigenvalue weighted by atomic mass is 9.71. The second-order valence-corrected chi connectivity index (χ2v) is 6.55. The summed E-state index contributed by atoms with van der Waals surface area (Å²) >= 11 is 3.47. The Morgan fingerprint density at radius 3 is 2.70 bits per heavy atom. The van der Waals surface area contributed by atoms with Gasteiger partial charge in [-0.2, -0.15) is 0 Å². The fourth-order valence-electron chi connectivity index (χ4n) is 2.67. The van der Waals surface area contributed by atoms with Crippen LogP contribution in [0.3, 0.4) is 0 Å². The zero-order chi connectivity index (χ0) is 14.8. The highest BCUT2D eigenvalue weighted by molar-refractivity contribution is 9.10. The molecule has 1 aromatic rings. The Hall–Kier alpha value is -0.910. The minimum Gasteiger partial charge on any atom is -0.396 e. The smallest absolute Gasteiger partial charge is 0.223 e. The lowest BCUT2D eigenvalue weighted by Crippen LogP contribution is -2.48. The molecule has 20 heavy (non-hydrogen) atoms. The molecule has 1 unspecified atom stereocenters. The van der Waals surface area contributed by atoms with Crippen molar-refractivity contribution in [1.29, 1.82) is 0 Å². The maximum Gasteiger partial charge on any atom is 0.223 e. The van der Waals surface area contributed by atoms with Gasteiger partial charge in [0.2, 0.25) is 5.91 Å². The van der Waals surface area contributed by atoms with Gasteiger partial charge in [0.1, 0.15) is 0 Å². The van der Waals surface area contributed by atoms with E-state index >= 15 is 0 Å². The molecule has 1 atom stereocenters. The molecule has 0 radical (unpaired) electrons. The lowest BCUT2D eigenvalue weighted by Gasteiger charge is -2.40. The molecule has 1 saturated carbocycles. The van der Waals surface area contributed by atoms with Gasteiger partial charge in [0.25, 0.3) is 0 Å². The molecule has 1 aromatic carbocycles. The number of benzene rings is 1. The zero-order valence-electron chi connectivity index (χ0n) is 11.5. The van der Waals surface area contributed by atoms with E-state index in [1.807, 2.05) is 24.3 Å². The van der Waals surface area contributed by atoms with Gasteiger partial charge in [0.15, 0.2) is 0 Å². The van der Waals surface area contributed by atoms with E-state index in [9.17, 15) is 15.0 Å². The second kappa shape index (κ2) is 6.24. The molecular formula is C15H20BrNO3. The van der Waals surface area contributed by atoms with Crippen LogP contribution in [0.25, 0.3) is 0 Å². The van der Waals surface area contributed by atoms with Gasteiger partial charge < -0.3 is 15.5 Å². The Morgan fingerprint density at radius 2 is 2.15 bits per heavy atom. The Morgan fingerprint density at radius 1 is 1.50 bits per heavy atom. The number of hydrogen-bond donors (Lipinski definition) is 3. The summed E-state index contributed by atoms with van der Waals surface area (Å²) in [6.45, 7) is 1.75. The average Bonchev–Trinajstić information content (AvgIpc) is 2.36. The summed E-state index contributed by atoms with van der Waals surface area (Å²) in [5.41, 5.74) is 0.253. The molecule has 0 aromatic heterocycles. The second-order valence-electron chi connectivity index (χ2n) is 5.70. The predicted octanol–water partition coefficient (Wildman–Crippen LogP) is 2.15. The molecule has 3 N–H and O–H groups in total. The fourth-order valence-corrected chi connectivity index (χ4v) is 3.23. The topological polar surface area (TPSA) is 69.6 Å². The maximum atomic E-state index is 12.2. The van der Waals surface area contributed by atoms with Crippen molar-refractivity contribution >= 4 is 21.8 Å². The van der Waals surface area contributed by atoms with Crippen LogP contribution in [0, 0.1) is 5.92 Å². The number of aliphatic hydroxyl groups is 2. The minimum absolute atomic E-state index is 0.00859. The van der Waals surface area contributed by atoms with Crippen LogP contribution in [0.5, 0.6) is 0 Å². The van der Waals surface area contributed by atoms with E-state index < -0.39 is 5.60 Å². The standard InChI is InChI=1S/C15H20BrNO3/c1-15(20)8-10(9-15)14(19)17-13(6-7-18)11-4-2-3-5-12(11)16/h2-5,10,13,18,20H,6-9H2,1H3,(H,17,19). The molecule has 2 rings (SSSR count). The first-order chi connectivity index (χ1) is 9.43. The number of amides is 1. The van der Waals surface area contributed by atoms with E-state index in [2.05, 4.69) is 21.2 Å². The number of nitrogens with one attached hydrogen (secondary N) is 1. The lowest BCUT2D eigenvalue weighted by molar-refractivity contribution is -0.139. The van der Waals surface area contributed by atoms with Gasteiger partial charge in [-0.05, 0) is 37.8 Å². The fraction of sp³-hybridized carbons (Fsp3) is 0.533. The van der Waals surface area contributed by atoms with Crippen molar-refractivity contribution in [2.45, 2.75) is 37.8 Å². The van der Waals surface area contributed by atoms with Crippen molar-refractivity contribution in [3.63, 3.8) is 0 Å². The van der Waals surface area contributed by atoms with Crippen LogP contribution in [0.15, 0.2) is 28.7 Å². The quantitative estimate of drug-likeness (QED) is 0.768. The number of carbonyl (C=O) groups excluding carboxylic acids is 1. The van der Waals surface area contributed by atoms with Gasteiger partial charge in [-0.15, -0.1) is 0 Å². The molecule has 1 amide bonds. The van der Waals surface area contributed by atoms with Gasteiger partial charge in [-0.3, -0.25) is 4.79 Å². The van der Waals surface area contributed by atoms with E-state index in [0.29, 0.717) is 19.3 Å². The van der Waals surface area contributed by atoms with Crippen LogP contribution in [0.1, 0.15) is 37.8 Å². The molecule has 5 heteroatoms. The summed E-state index contributed by atoms with van der Waals surface area (Å²) in [5, 5.41) is 21.9. The molecule has 0 bridgehead atoms. The zero-order valence-corrected chi connectivity index (χ0v) is 13.1. The van der Waals surface area contributed by atoms with Crippen molar-refractivity contribution in [2.75, 3.05) is 6.61 Å². The monoisotopic (exact) mass is 341 g/mol. The van der Waals surface area contributed by atoms with Crippen molar-refractivity contribution < 1.29 is 15.0 Å². The van der Waals surface area contributed by atoms with Crippen molar-refractivity contribution in [2.24, 2.45) is 5.92 Å². The van der Waals surface area contributed by atoms with Gasteiger partial charge in [-0.25, -0.2) is 0 Å². The van der Waals surface area contributed by atoms with E-state index in [1.165, 1.54) is 0 Å². The summed E-state index contributed by atoms with van der Waals surface area (Å²) in [5.74, 6) is -0.181. The molecule has 1 aliphatic rings. The van der Waals surface area contributed by atoms with Gasteiger partial charge >= 0.3 is 0 Å². The molecule has 0 spiro atoms. The first-order valence-electron chi connectivity index (χ1n) is 6.81. The van der Waals surface area contributed by atoms with Crippen molar-refractivity contribution in [3.05, 3.63) is 34.3 Å². The number of carbonyl (C=O) groups is 1. The SMILES string of the molecule is CC1(O)CC(C(=O)NC(CCO)c2ccccc2Br)C1. The third-order valence-electron chi connectivity index (χ3n) is 3.76. The molecule has 4 nitrogen and oxygen atoms in total. The average molecular weight is 342 g/mol. The van der Waals surface area contributed by atoms with E-state index in [4.69, 9.17) is 0 Å². The van der Waals surface area contributed by atoms with Crippen LogP contribution in [0.2, 0.25) is 0 Å². The maximum absolute atomic E-state index is 12.2. The van der Waals surface area contributed by atoms with Crippen molar-refractivity contribution in [1.82, 2.24) is 5.32 Å². The highest BCUT2D eigenvalue weighted by atomic mass is 79.9. The van der Waals surface area contributed by atoms with E-state index in [-0.39, 0.29) is 24.5 Å². The molecular weight excluding hydrogens is 322 g/mol.